The molecular weight excluding hydrogens is 332 g/mol. The topological polar surface area (TPSA) is 77.1 Å². The normalized spacial score (nSPS) is 15.3. The molecule has 1 N–H and O–H groups in total. The largest absolute Gasteiger partial charge is 0.447 e. The third-order valence-electron chi connectivity index (χ3n) is 3.75. The number of ether oxygens (including phenoxy) is 3. The van der Waals surface area contributed by atoms with Crippen LogP contribution in [0.25, 0.3) is 0 Å². The van der Waals surface area contributed by atoms with Gasteiger partial charge in [-0.3, -0.25) is 4.79 Å². The minimum atomic E-state index is -0.249. The number of likely N-dealkylation sites (tertiary alicyclic amines) is 1. The zero-order chi connectivity index (χ0) is 17.6. The molecule has 2 amide bonds. The molecule has 0 aromatic carbocycles. The van der Waals surface area contributed by atoms with Gasteiger partial charge in [-0.1, -0.05) is 6.92 Å². The smallest absolute Gasteiger partial charge is 0.409 e. The van der Waals surface area contributed by atoms with Crippen molar-refractivity contribution in [2.45, 2.75) is 31.4 Å². The number of amides is 2. The Kier molecular flexibility index (Phi) is 11.7. The molecule has 0 bridgehead atoms. The zero-order valence-corrected chi connectivity index (χ0v) is 15.6. The quantitative estimate of drug-likeness (QED) is 0.562. The average molecular weight is 362 g/mol. The average Bonchev–Trinajstić information content (AvgIpc) is 2.62. The first-order valence-electron chi connectivity index (χ1n) is 8.54. The number of thioether (sulfide) groups is 1. The zero-order valence-electron chi connectivity index (χ0n) is 14.8. The van der Waals surface area contributed by atoms with Crippen LogP contribution in [0.4, 0.5) is 4.79 Å². The van der Waals surface area contributed by atoms with Gasteiger partial charge in [0.15, 0.2) is 0 Å². The third-order valence-corrected chi connectivity index (χ3v) is 4.89. The van der Waals surface area contributed by atoms with Crippen LogP contribution >= 0.6 is 11.8 Å². The lowest BCUT2D eigenvalue weighted by atomic mass is 10.1. The summed E-state index contributed by atoms with van der Waals surface area (Å²) in [5.41, 5.74) is 0. The third kappa shape index (κ3) is 9.34. The molecule has 0 aromatic rings. The first-order chi connectivity index (χ1) is 11.7. The number of carbonyl (C=O) groups excluding carboxylic acids is 2. The molecule has 1 rings (SSSR count). The number of rotatable bonds is 11. The molecule has 7 nitrogen and oxygen atoms in total. The van der Waals surface area contributed by atoms with E-state index in [0.29, 0.717) is 44.6 Å². The van der Waals surface area contributed by atoms with Crippen molar-refractivity contribution in [3.8, 4) is 0 Å². The minimum absolute atomic E-state index is 0.0225. The number of hydrogen-bond donors (Lipinski definition) is 1. The Labute approximate surface area is 148 Å². The molecule has 0 aliphatic carbocycles. The molecule has 1 fully saturated rings. The van der Waals surface area contributed by atoms with E-state index in [-0.39, 0.29) is 18.6 Å². The number of nitrogens with zero attached hydrogens (tertiary/aromatic N) is 1. The summed E-state index contributed by atoms with van der Waals surface area (Å²) in [6.07, 6.45) is 4.41. The SMILES string of the molecule is CCC(=O)NCCOCCOCCOC(=O)N1CCC(SC)CC1. The van der Waals surface area contributed by atoms with E-state index in [1.165, 1.54) is 0 Å². The van der Waals surface area contributed by atoms with Crippen LogP contribution in [-0.4, -0.2) is 81.1 Å². The lowest BCUT2D eigenvalue weighted by Gasteiger charge is -2.30. The first-order valence-corrected chi connectivity index (χ1v) is 9.82. The van der Waals surface area contributed by atoms with Crippen molar-refractivity contribution in [2.75, 3.05) is 58.9 Å². The van der Waals surface area contributed by atoms with Crippen molar-refractivity contribution in [3.05, 3.63) is 0 Å². The van der Waals surface area contributed by atoms with Gasteiger partial charge < -0.3 is 24.4 Å². The van der Waals surface area contributed by atoms with Crippen LogP contribution in [0, 0.1) is 0 Å². The van der Waals surface area contributed by atoms with E-state index in [2.05, 4.69) is 11.6 Å². The lowest BCUT2D eigenvalue weighted by molar-refractivity contribution is -0.121. The highest BCUT2D eigenvalue weighted by Crippen LogP contribution is 2.21. The molecule has 24 heavy (non-hydrogen) atoms. The van der Waals surface area contributed by atoms with Crippen LogP contribution in [0.3, 0.4) is 0 Å². The molecule has 1 saturated heterocycles. The number of carbonyl (C=O) groups is 2. The molecule has 0 saturated carbocycles. The highest BCUT2D eigenvalue weighted by molar-refractivity contribution is 7.99. The summed E-state index contributed by atoms with van der Waals surface area (Å²) in [4.78, 5) is 24.6. The van der Waals surface area contributed by atoms with Crippen molar-refractivity contribution in [2.24, 2.45) is 0 Å². The van der Waals surface area contributed by atoms with Crippen molar-refractivity contribution in [1.82, 2.24) is 10.2 Å². The van der Waals surface area contributed by atoms with Gasteiger partial charge in [-0.2, -0.15) is 11.8 Å². The summed E-state index contributed by atoms with van der Waals surface area (Å²) >= 11 is 1.86. The summed E-state index contributed by atoms with van der Waals surface area (Å²) in [5, 5.41) is 3.39. The van der Waals surface area contributed by atoms with Gasteiger partial charge in [0.25, 0.3) is 0 Å². The van der Waals surface area contributed by atoms with Gasteiger partial charge in [-0.15, -0.1) is 0 Å². The van der Waals surface area contributed by atoms with Gasteiger partial charge in [0.05, 0.1) is 26.4 Å². The van der Waals surface area contributed by atoms with Crippen LogP contribution in [0.5, 0.6) is 0 Å². The van der Waals surface area contributed by atoms with Gasteiger partial charge >= 0.3 is 6.09 Å². The summed E-state index contributed by atoms with van der Waals surface area (Å²) in [7, 11) is 0. The van der Waals surface area contributed by atoms with Crippen LogP contribution in [0.2, 0.25) is 0 Å². The molecule has 0 unspecified atom stereocenters. The summed E-state index contributed by atoms with van der Waals surface area (Å²) in [6, 6.07) is 0. The van der Waals surface area contributed by atoms with E-state index in [0.717, 1.165) is 25.9 Å². The molecule has 1 heterocycles. The molecule has 1 aliphatic heterocycles. The van der Waals surface area contributed by atoms with Crippen molar-refractivity contribution in [1.29, 1.82) is 0 Å². The Morgan fingerprint density at radius 1 is 1.08 bits per heavy atom. The maximum atomic E-state index is 11.9. The molecule has 8 heteroatoms. The van der Waals surface area contributed by atoms with E-state index in [1.807, 2.05) is 18.7 Å². The van der Waals surface area contributed by atoms with Crippen molar-refractivity contribution in [3.63, 3.8) is 0 Å². The standard InChI is InChI=1S/C16H30N2O5S/c1-3-15(19)17-6-9-21-10-11-22-12-13-23-16(20)18-7-4-14(24-2)5-8-18/h14H,3-13H2,1-2H3,(H,17,19). The highest BCUT2D eigenvalue weighted by Gasteiger charge is 2.22. The maximum Gasteiger partial charge on any atom is 0.409 e. The predicted octanol–water partition coefficient (Wildman–Crippen LogP) is 1.51. The van der Waals surface area contributed by atoms with Gasteiger partial charge in [-0.25, -0.2) is 4.79 Å². The first kappa shape index (κ1) is 21.1. The van der Waals surface area contributed by atoms with E-state index in [4.69, 9.17) is 14.2 Å². The van der Waals surface area contributed by atoms with Crippen LogP contribution in [-0.2, 0) is 19.0 Å². The summed E-state index contributed by atoms with van der Waals surface area (Å²) in [6.45, 7) is 5.85. The maximum absolute atomic E-state index is 11.9. The van der Waals surface area contributed by atoms with E-state index in [1.54, 1.807) is 4.90 Å². The van der Waals surface area contributed by atoms with Gasteiger partial charge in [0, 0.05) is 31.3 Å². The lowest BCUT2D eigenvalue weighted by Crippen LogP contribution is -2.40. The molecule has 0 aromatic heterocycles. The molecule has 0 spiro atoms. The number of nitrogens with one attached hydrogen (secondary N) is 1. The van der Waals surface area contributed by atoms with Crippen LogP contribution in [0.15, 0.2) is 0 Å². The second kappa shape index (κ2) is 13.3. The second-order valence-electron chi connectivity index (χ2n) is 5.46. The van der Waals surface area contributed by atoms with Gasteiger partial charge in [-0.05, 0) is 19.1 Å². The van der Waals surface area contributed by atoms with Crippen LogP contribution in [0.1, 0.15) is 26.2 Å². The van der Waals surface area contributed by atoms with E-state index < -0.39 is 0 Å². The van der Waals surface area contributed by atoms with Gasteiger partial charge in [0.2, 0.25) is 5.91 Å². The van der Waals surface area contributed by atoms with E-state index >= 15 is 0 Å². The molecule has 0 radical (unpaired) electrons. The molecule has 1 aliphatic rings. The fourth-order valence-electron chi connectivity index (χ4n) is 2.26. The fraction of sp³-hybridized carbons (Fsp3) is 0.875. The fourth-order valence-corrected chi connectivity index (χ4v) is 2.95. The highest BCUT2D eigenvalue weighted by atomic mass is 32.2. The molecule has 0 atom stereocenters. The Bertz CT molecular complexity index is 362. The Balaban J connectivity index is 1.88. The Hall–Kier alpha value is -0.990. The number of hydrogen-bond acceptors (Lipinski definition) is 6. The number of piperidine rings is 1. The van der Waals surface area contributed by atoms with Crippen molar-refractivity contribution >= 4 is 23.8 Å². The predicted molar refractivity (Wildman–Crippen MR) is 94.4 cm³/mol. The van der Waals surface area contributed by atoms with Crippen LogP contribution < -0.4 is 5.32 Å². The summed E-state index contributed by atoms with van der Waals surface area (Å²) in [5.74, 6) is 0.0225. The Morgan fingerprint density at radius 2 is 1.71 bits per heavy atom. The van der Waals surface area contributed by atoms with Crippen molar-refractivity contribution < 1.29 is 23.8 Å². The monoisotopic (exact) mass is 362 g/mol. The Morgan fingerprint density at radius 3 is 2.33 bits per heavy atom. The van der Waals surface area contributed by atoms with Gasteiger partial charge in [0.1, 0.15) is 6.61 Å². The second-order valence-corrected chi connectivity index (χ2v) is 6.60. The molecule has 140 valence electrons. The minimum Gasteiger partial charge on any atom is -0.447 e. The van der Waals surface area contributed by atoms with E-state index in [9.17, 15) is 9.59 Å². The molecular formula is C16H30N2O5S. The summed E-state index contributed by atoms with van der Waals surface area (Å²) < 4.78 is 15.9.